The maximum absolute atomic E-state index is 13.1. The smallest absolute Gasteiger partial charge is 0.232 e. The predicted octanol–water partition coefficient (Wildman–Crippen LogP) is 3.73. The molecule has 2 aliphatic rings. The number of carbonyl (C=O) groups is 1. The van der Waals surface area contributed by atoms with Crippen molar-refractivity contribution >= 4 is 23.5 Å². The van der Waals surface area contributed by atoms with Crippen molar-refractivity contribution in [2.24, 2.45) is 10.7 Å². The first-order valence-electron chi connectivity index (χ1n) is 9.87. The second-order valence-corrected chi connectivity index (χ2v) is 8.33. The minimum atomic E-state index is -0.816. The Hall–Kier alpha value is -2.44. The molecule has 29 heavy (non-hydrogen) atoms. The Labute approximate surface area is 175 Å². The summed E-state index contributed by atoms with van der Waals surface area (Å²) in [5, 5.41) is 0.570. The molecule has 6 nitrogen and oxygen atoms in total. The van der Waals surface area contributed by atoms with E-state index in [1.165, 1.54) is 0 Å². The van der Waals surface area contributed by atoms with Gasteiger partial charge in [0.05, 0.1) is 23.1 Å². The Morgan fingerprint density at radius 1 is 1.31 bits per heavy atom. The zero-order chi connectivity index (χ0) is 20.6. The van der Waals surface area contributed by atoms with E-state index in [2.05, 4.69) is 4.98 Å². The van der Waals surface area contributed by atoms with Crippen LogP contribution in [0.25, 0.3) is 11.1 Å². The number of carbonyl (C=O) groups excluding carboxylic acids is 1. The van der Waals surface area contributed by atoms with E-state index in [1.54, 1.807) is 17.3 Å². The molecule has 3 atom stereocenters. The largest absolute Gasteiger partial charge is 0.378 e. The van der Waals surface area contributed by atoms with Crippen LogP contribution in [-0.4, -0.2) is 40.5 Å². The number of nitrogens with two attached hydrogens (primary N) is 1. The number of hydrogen-bond acceptors (Lipinski definition) is 5. The van der Waals surface area contributed by atoms with Crippen LogP contribution in [0.4, 0.5) is 0 Å². The molecule has 0 radical (unpaired) electrons. The zero-order valence-electron chi connectivity index (χ0n) is 16.6. The summed E-state index contributed by atoms with van der Waals surface area (Å²) in [6.07, 6.45) is 5.34. The number of guanidine groups is 1. The molecule has 0 aliphatic carbocycles. The van der Waals surface area contributed by atoms with Gasteiger partial charge in [-0.2, -0.15) is 0 Å². The van der Waals surface area contributed by atoms with Crippen LogP contribution in [0.2, 0.25) is 5.02 Å². The lowest BCUT2D eigenvalue weighted by atomic mass is 9.85. The standard InChI is InChI=1S/C22H25ClN4O2/c1-14-11-16(8-10-29-14)27-19(28)12-22(2,26-21(27)24)18-7-3-6-17(20(18)23)15-5-4-9-25-13-15/h3-7,9,13-14,16H,8,10-12H2,1-2H3,(H2,24,26)/t14-,16-,22-/m0/s1. The highest BCUT2D eigenvalue weighted by Crippen LogP contribution is 2.41. The van der Waals surface area contributed by atoms with E-state index in [9.17, 15) is 4.79 Å². The van der Waals surface area contributed by atoms with Gasteiger partial charge in [0.25, 0.3) is 0 Å². The Balaban J connectivity index is 1.70. The van der Waals surface area contributed by atoms with Crippen LogP contribution in [0.1, 0.15) is 38.7 Å². The summed E-state index contributed by atoms with van der Waals surface area (Å²) in [4.78, 5) is 23.7. The summed E-state index contributed by atoms with van der Waals surface area (Å²) in [6.45, 7) is 4.55. The number of amides is 1. The molecule has 4 rings (SSSR count). The molecular weight excluding hydrogens is 388 g/mol. The van der Waals surface area contributed by atoms with Crippen LogP contribution < -0.4 is 5.73 Å². The first kappa shape index (κ1) is 19.9. The van der Waals surface area contributed by atoms with Gasteiger partial charge in [-0.05, 0) is 38.3 Å². The molecular formula is C22H25ClN4O2. The fourth-order valence-electron chi connectivity index (χ4n) is 4.30. The number of aromatic nitrogens is 1. The number of hydrogen-bond donors (Lipinski definition) is 1. The van der Waals surface area contributed by atoms with Gasteiger partial charge in [-0.15, -0.1) is 0 Å². The van der Waals surface area contributed by atoms with Crippen LogP contribution >= 0.6 is 11.6 Å². The molecule has 3 heterocycles. The molecule has 0 bridgehead atoms. The number of nitrogens with zero attached hydrogens (tertiary/aromatic N) is 3. The Morgan fingerprint density at radius 3 is 2.83 bits per heavy atom. The van der Waals surface area contributed by atoms with Crippen LogP contribution in [0.15, 0.2) is 47.7 Å². The Kier molecular flexibility index (Phi) is 5.32. The number of pyridine rings is 1. The van der Waals surface area contributed by atoms with Gasteiger partial charge in [-0.1, -0.05) is 35.9 Å². The van der Waals surface area contributed by atoms with Crippen molar-refractivity contribution in [1.29, 1.82) is 0 Å². The fraction of sp³-hybridized carbons (Fsp3) is 0.409. The molecule has 1 fully saturated rings. The molecule has 2 aromatic rings. The van der Waals surface area contributed by atoms with Crippen molar-refractivity contribution in [2.45, 2.75) is 50.8 Å². The van der Waals surface area contributed by atoms with Crippen molar-refractivity contribution < 1.29 is 9.53 Å². The van der Waals surface area contributed by atoms with Gasteiger partial charge < -0.3 is 10.5 Å². The molecule has 1 aromatic carbocycles. The Morgan fingerprint density at radius 2 is 2.14 bits per heavy atom. The third-order valence-corrected chi connectivity index (χ3v) is 6.15. The maximum Gasteiger partial charge on any atom is 0.232 e. The van der Waals surface area contributed by atoms with Gasteiger partial charge in [0.15, 0.2) is 5.96 Å². The summed E-state index contributed by atoms with van der Waals surface area (Å²) in [5.74, 6) is 0.229. The van der Waals surface area contributed by atoms with E-state index in [4.69, 9.17) is 27.1 Å². The van der Waals surface area contributed by atoms with Crippen LogP contribution in [0, 0.1) is 0 Å². The highest BCUT2D eigenvalue weighted by atomic mass is 35.5. The Bertz CT molecular complexity index is 949. The van der Waals surface area contributed by atoms with Gasteiger partial charge in [0, 0.05) is 36.2 Å². The summed E-state index contributed by atoms with van der Waals surface area (Å²) in [5.41, 5.74) is 8.07. The van der Waals surface area contributed by atoms with Crippen molar-refractivity contribution in [2.75, 3.05) is 6.61 Å². The lowest BCUT2D eigenvalue weighted by Gasteiger charge is -2.41. The maximum atomic E-state index is 13.1. The average molecular weight is 413 g/mol. The minimum Gasteiger partial charge on any atom is -0.378 e. The predicted molar refractivity (Wildman–Crippen MR) is 114 cm³/mol. The third-order valence-electron chi connectivity index (χ3n) is 5.75. The molecule has 1 amide bonds. The van der Waals surface area contributed by atoms with E-state index in [1.807, 2.05) is 44.2 Å². The summed E-state index contributed by atoms with van der Waals surface area (Å²) < 4.78 is 5.61. The third kappa shape index (κ3) is 3.74. The number of aliphatic imine (C=N–C) groups is 1. The number of rotatable bonds is 3. The molecule has 7 heteroatoms. The number of halogens is 1. The molecule has 152 valence electrons. The van der Waals surface area contributed by atoms with Gasteiger partial charge in [0.1, 0.15) is 0 Å². The quantitative estimate of drug-likeness (QED) is 0.832. The first-order valence-corrected chi connectivity index (χ1v) is 10.3. The summed E-state index contributed by atoms with van der Waals surface area (Å²) in [6, 6.07) is 9.64. The van der Waals surface area contributed by atoms with Crippen LogP contribution in [0.5, 0.6) is 0 Å². The van der Waals surface area contributed by atoms with E-state index < -0.39 is 5.54 Å². The monoisotopic (exact) mass is 412 g/mol. The van der Waals surface area contributed by atoms with Gasteiger partial charge in [-0.25, -0.2) is 4.99 Å². The highest BCUT2D eigenvalue weighted by Gasteiger charge is 2.42. The highest BCUT2D eigenvalue weighted by molar-refractivity contribution is 6.34. The normalized spacial score (nSPS) is 27.6. The summed E-state index contributed by atoms with van der Waals surface area (Å²) >= 11 is 6.79. The lowest BCUT2D eigenvalue weighted by Crippen LogP contribution is -2.56. The molecule has 2 aliphatic heterocycles. The SMILES string of the molecule is C[C@H]1C[C@@H](N2C(=O)C[C@@](C)(c3cccc(-c4cccnc4)c3Cl)N=C2N)CCO1. The zero-order valence-corrected chi connectivity index (χ0v) is 17.4. The van der Waals surface area contributed by atoms with Crippen molar-refractivity contribution in [1.82, 2.24) is 9.88 Å². The van der Waals surface area contributed by atoms with Gasteiger partial charge in [0.2, 0.25) is 5.91 Å². The fourth-order valence-corrected chi connectivity index (χ4v) is 4.74. The van der Waals surface area contributed by atoms with E-state index in [0.29, 0.717) is 11.6 Å². The van der Waals surface area contributed by atoms with Crippen LogP contribution in [0.3, 0.4) is 0 Å². The molecule has 2 N–H and O–H groups in total. The van der Waals surface area contributed by atoms with Crippen molar-refractivity contribution in [3.8, 4) is 11.1 Å². The molecule has 1 saturated heterocycles. The number of benzene rings is 1. The lowest BCUT2D eigenvalue weighted by molar-refractivity contribution is -0.133. The van der Waals surface area contributed by atoms with E-state index >= 15 is 0 Å². The molecule has 0 saturated carbocycles. The summed E-state index contributed by atoms with van der Waals surface area (Å²) in [7, 11) is 0. The van der Waals surface area contributed by atoms with E-state index in [-0.39, 0.29) is 30.4 Å². The first-order chi connectivity index (χ1) is 13.9. The number of ether oxygens (including phenoxy) is 1. The van der Waals surface area contributed by atoms with Crippen molar-refractivity contribution in [3.05, 3.63) is 53.3 Å². The topological polar surface area (TPSA) is 80.8 Å². The second-order valence-electron chi connectivity index (χ2n) is 7.95. The van der Waals surface area contributed by atoms with E-state index in [0.717, 1.165) is 29.5 Å². The molecule has 0 unspecified atom stereocenters. The molecule has 0 spiro atoms. The average Bonchev–Trinajstić information content (AvgIpc) is 2.68. The second kappa shape index (κ2) is 7.76. The van der Waals surface area contributed by atoms with Gasteiger partial charge >= 0.3 is 0 Å². The van der Waals surface area contributed by atoms with Gasteiger partial charge in [-0.3, -0.25) is 14.7 Å². The van der Waals surface area contributed by atoms with Crippen molar-refractivity contribution in [3.63, 3.8) is 0 Å². The molecule has 1 aromatic heterocycles. The minimum absolute atomic E-state index is 0.0248. The van der Waals surface area contributed by atoms with Crippen LogP contribution in [-0.2, 0) is 15.1 Å².